The Kier molecular flexibility index (Phi) is 4.15. The molecule has 3 aromatic carbocycles. The molecule has 0 saturated heterocycles. The van der Waals surface area contributed by atoms with E-state index in [1.165, 1.54) is 24.3 Å². The zero-order valence-electron chi connectivity index (χ0n) is 15.5. The smallest absolute Gasteiger partial charge is 0.181 e. The molecular formula is C24H12F2N4. The van der Waals surface area contributed by atoms with Gasteiger partial charge in [-0.25, -0.2) is 18.7 Å². The zero-order chi connectivity index (χ0) is 20.7. The number of hydrogen-bond donors (Lipinski definition) is 0. The molecule has 0 amide bonds. The molecule has 5 rings (SSSR count). The standard InChI is InChI=1S/C24H12F2N4/c1-27-30-23-19-5-3-2-4-18(19)22-24(23)29-21(15-8-12-17(26)13-9-15)20(28-22)14-6-10-16(25)11-7-14/h2-13H. The van der Waals surface area contributed by atoms with Gasteiger partial charge in [0.05, 0.1) is 22.2 Å². The van der Waals surface area contributed by atoms with Crippen LogP contribution < -0.4 is 0 Å². The molecule has 1 aliphatic carbocycles. The summed E-state index contributed by atoms with van der Waals surface area (Å²) in [6.07, 6.45) is 0. The number of rotatable bonds is 2. The monoisotopic (exact) mass is 394 g/mol. The van der Waals surface area contributed by atoms with Gasteiger partial charge in [-0.15, -0.1) is 4.95 Å². The van der Waals surface area contributed by atoms with Crippen LogP contribution in [0.5, 0.6) is 0 Å². The first-order valence-corrected chi connectivity index (χ1v) is 9.14. The van der Waals surface area contributed by atoms with Crippen LogP contribution in [0.3, 0.4) is 0 Å². The maximum absolute atomic E-state index is 13.5. The number of fused-ring (bicyclic) bond motifs is 3. The molecule has 142 valence electrons. The van der Waals surface area contributed by atoms with Gasteiger partial charge < -0.3 is 0 Å². The van der Waals surface area contributed by atoms with Crippen molar-refractivity contribution in [2.45, 2.75) is 0 Å². The molecule has 0 radical (unpaired) electrons. The van der Waals surface area contributed by atoms with Gasteiger partial charge in [0.15, 0.2) is 5.71 Å². The average Bonchev–Trinajstić information content (AvgIpc) is 3.07. The highest BCUT2D eigenvalue weighted by atomic mass is 19.1. The lowest BCUT2D eigenvalue weighted by atomic mass is 10.0. The van der Waals surface area contributed by atoms with E-state index in [4.69, 9.17) is 16.5 Å². The van der Waals surface area contributed by atoms with E-state index in [1.54, 1.807) is 24.3 Å². The molecule has 0 N–H and O–H groups in total. The third-order valence-electron chi connectivity index (χ3n) is 4.94. The van der Waals surface area contributed by atoms with Crippen molar-refractivity contribution in [1.82, 2.24) is 9.97 Å². The van der Waals surface area contributed by atoms with Crippen molar-refractivity contribution >= 4 is 5.71 Å². The molecule has 1 aromatic heterocycles. The summed E-state index contributed by atoms with van der Waals surface area (Å²) in [6, 6.07) is 19.4. The number of benzene rings is 3. The summed E-state index contributed by atoms with van der Waals surface area (Å²) < 4.78 is 27.0. The highest BCUT2D eigenvalue weighted by Gasteiger charge is 2.31. The highest BCUT2D eigenvalue weighted by Crippen LogP contribution is 2.39. The Labute approximate surface area is 171 Å². The normalized spacial score (nSPS) is 13.0. The first kappa shape index (κ1) is 17.8. The number of aromatic nitrogens is 2. The lowest BCUT2D eigenvalue weighted by molar-refractivity contribution is 0.627. The van der Waals surface area contributed by atoms with Crippen molar-refractivity contribution in [1.29, 1.82) is 0 Å². The summed E-state index contributed by atoms with van der Waals surface area (Å²) >= 11 is 0. The van der Waals surface area contributed by atoms with Crippen molar-refractivity contribution in [3.05, 3.63) is 107 Å². The van der Waals surface area contributed by atoms with E-state index in [1.807, 2.05) is 24.3 Å². The Morgan fingerprint density at radius 2 is 1.13 bits per heavy atom. The Bertz CT molecular complexity index is 1350. The molecule has 0 aliphatic heterocycles. The van der Waals surface area contributed by atoms with Crippen LogP contribution in [0.4, 0.5) is 8.78 Å². The predicted octanol–water partition coefficient (Wildman–Crippen LogP) is 5.74. The number of hydrogen-bond acceptors (Lipinski definition) is 3. The van der Waals surface area contributed by atoms with Crippen LogP contribution in [-0.4, -0.2) is 15.7 Å². The van der Waals surface area contributed by atoms with E-state index in [-0.39, 0.29) is 11.6 Å². The van der Waals surface area contributed by atoms with Crippen molar-refractivity contribution in [2.24, 2.45) is 5.10 Å². The highest BCUT2D eigenvalue weighted by molar-refractivity contribution is 6.23. The lowest BCUT2D eigenvalue weighted by Gasteiger charge is -2.11. The molecule has 0 bridgehead atoms. The number of halogens is 2. The van der Waals surface area contributed by atoms with E-state index in [9.17, 15) is 8.78 Å². The second-order valence-electron chi connectivity index (χ2n) is 6.73. The molecule has 6 heteroatoms. The van der Waals surface area contributed by atoms with Gasteiger partial charge in [0, 0.05) is 22.3 Å². The Morgan fingerprint density at radius 3 is 1.67 bits per heavy atom. The van der Waals surface area contributed by atoms with Gasteiger partial charge >= 0.3 is 0 Å². The fraction of sp³-hybridized carbons (Fsp3) is 0. The van der Waals surface area contributed by atoms with Crippen LogP contribution in [0.2, 0.25) is 0 Å². The SMILES string of the molecule is [C-]#[N+]N=C1c2ccccc2-c2nc(-c3ccc(F)cc3)c(-c3ccc(F)cc3)nc21. The summed E-state index contributed by atoms with van der Waals surface area (Å²) in [5.74, 6) is -0.716. The predicted molar refractivity (Wildman–Crippen MR) is 110 cm³/mol. The van der Waals surface area contributed by atoms with E-state index in [0.717, 1.165) is 11.1 Å². The van der Waals surface area contributed by atoms with Gasteiger partial charge in [-0.05, 0) is 48.5 Å². The molecular weight excluding hydrogens is 382 g/mol. The third-order valence-corrected chi connectivity index (χ3v) is 4.94. The lowest BCUT2D eigenvalue weighted by Crippen LogP contribution is -2.04. The van der Waals surface area contributed by atoms with Gasteiger partial charge in [-0.1, -0.05) is 24.3 Å². The van der Waals surface area contributed by atoms with E-state index in [0.29, 0.717) is 39.6 Å². The van der Waals surface area contributed by atoms with Crippen LogP contribution in [0.15, 0.2) is 77.9 Å². The third kappa shape index (κ3) is 2.85. The summed E-state index contributed by atoms with van der Waals surface area (Å²) in [5, 5.41) is 3.97. The van der Waals surface area contributed by atoms with Gasteiger partial charge in [-0.3, -0.25) is 0 Å². The van der Waals surface area contributed by atoms with E-state index in [2.05, 4.69) is 10.1 Å². The second kappa shape index (κ2) is 6.98. The van der Waals surface area contributed by atoms with Crippen LogP contribution in [-0.2, 0) is 0 Å². The molecule has 0 saturated carbocycles. The minimum atomic E-state index is -0.362. The maximum Gasteiger partial charge on any atom is 0.181 e. The summed E-state index contributed by atoms with van der Waals surface area (Å²) in [6.45, 7) is 7.20. The van der Waals surface area contributed by atoms with Gasteiger partial charge in [-0.2, -0.15) is 6.57 Å². The minimum absolute atomic E-state index is 0.354. The van der Waals surface area contributed by atoms with E-state index < -0.39 is 0 Å². The topological polar surface area (TPSA) is 42.5 Å². The van der Waals surface area contributed by atoms with Crippen LogP contribution >= 0.6 is 0 Å². The Morgan fingerprint density at radius 1 is 0.633 bits per heavy atom. The number of nitrogens with zero attached hydrogens (tertiary/aromatic N) is 4. The molecule has 1 heterocycles. The van der Waals surface area contributed by atoms with Gasteiger partial charge in [0.1, 0.15) is 17.3 Å². The average molecular weight is 394 g/mol. The largest absolute Gasteiger partial charge is 0.243 e. The Hall–Kier alpha value is -4.24. The molecule has 4 aromatic rings. The first-order valence-electron chi connectivity index (χ1n) is 9.14. The van der Waals surface area contributed by atoms with Crippen molar-refractivity contribution in [2.75, 3.05) is 0 Å². The molecule has 30 heavy (non-hydrogen) atoms. The first-order chi connectivity index (χ1) is 14.7. The van der Waals surface area contributed by atoms with Crippen molar-refractivity contribution in [3.8, 4) is 33.8 Å². The van der Waals surface area contributed by atoms with Crippen LogP contribution in [0, 0.1) is 18.2 Å². The zero-order valence-corrected chi connectivity index (χ0v) is 15.5. The molecule has 0 atom stereocenters. The van der Waals surface area contributed by atoms with Crippen LogP contribution in [0.1, 0.15) is 11.3 Å². The minimum Gasteiger partial charge on any atom is -0.243 e. The molecule has 0 spiro atoms. The molecule has 1 aliphatic rings. The Balaban J connectivity index is 1.83. The molecule has 0 unspecified atom stereocenters. The molecule has 0 fully saturated rings. The summed E-state index contributed by atoms with van der Waals surface area (Å²) in [7, 11) is 0. The van der Waals surface area contributed by atoms with Gasteiger partial charge in [0.25, 0.3) is 0 Å². The molecule has 4 nitrogen and oxygen atoms in total. The van der Waals surface area contributed by atoms with Gasteiger partial charge in [0.2, 0.25) is 0 Å². The van der Waals surface area contributed by atoms with Crippen molar-refractivity contribution < 1.29 is 8.78 Å². The maximum atomic E-state index is 13.5. The van der Waals surface area contributed by atoms with E-state index >= 15 is 0 Å². The summed E-state index contributed by atoms with van der Waals surface area (Å²) in [5.41, 5.74) is 5.56. The quantitative estimate of drug-likeness (QED) is 0.283. The second-order valence-corrected chi connectivity index (χ2v) is 6.73. The fourth-order valence-electron chi connectivity index (χ4n) is 3.58. The summed E-state index contributed by atoms with van der Waals surface area (Å²) in [4.78, 5) is 12.9. The van der Waals surface area contributed by atoms with Crippen LogP contribution in [0.25, 0.3) is 38.7 Å². The van der Waals surface area contributed by atoms with Crippen molar-refractivity contribution in [3.63, 3.8) is 0 Å². The fourth-order valence-corrected chi connectivity index (χ4v) is 3.58.